The number of nitrogens with zero attached hydrogens (tertiary/aromatic N) is 3. The Morgan fingerprint density at radius 1 is 1.04 bits per heavy atom. The van der Waals surface area contributed by atoms with Crippen LogP contribution >= 0.6 is 0 Å². The zero-order valence-corrected chi connectivity index (χ0v) is 15.4. The van der Waals surface area contributed by atoms with Crippen molar-refractivity contribution in [2.75, 3.05) is 50.7 Å². The molecule has 2 aliphatic heterocycles. The highest BCUT2D eigenvalue weighted by atomic mass is 19.4. The molecular weight excluding hydrogens is 357 g/mol. The number of carbonyl (C=O) groups excluding carboxylic acids is 1. The van der Waals surface area contributed by atoms with Crippen molar-refractivity contribution in [3.8, 4) is 0 Å². The maximum absolute atomic E-state index is 12.6. The molecule has 5 nitrogen and oxygen atoms in total. The maximum atomic E-state index is 12.6. The van der Waals surface area contributed by atoms with Crippen LogP contribution in [0.25, 0.3) is 0 Å². The van der Waals surface area contributed by atoms with Crippen LogP contribution in [-0.2, 0) is 0 Å². The van der Waals surface area contributed by atoms with Crippen molar-refractivity contribution >= 4 is 11.7 Å². The number of urea groups is 1. The Labute approximate surface area is 158 Å². The standard InChI is InChI=1S/C19H27F3N4O/c20-19(21,22)15-24-9-5-11-25(13-12-24)18(27)23-16-6-4-10-26(14-16)17-7-2-1-3-8-17/h1-3,7-8,16H,4-6,9-15H2,(H,23,27). The third kappa shape index (κ3) is 6.02. The highest BCUT2D eigenvalue weighted by Gasteiger charge is 2.32. The number of alkyl halides is 3. The van der Waals surface area contributed by atoms with Gasteiger partial charge >= 0.3 is 12.2 Å². The van der Waals surface area contributed by atoms with E-state index >= 15 is 0 Å². The Balaban J connectivity index is 1.49. The van der Waals surface area contributed by atoms with E-state index in [1.807, 2.05) is 18.2 Å². The lowest BCUT2D eigenvalue weighted by atomic mass is 10.0. The molecular formula is C19H27F3N4O. The molecule has 1 aromatic rings. The second-order valence-corrected chi connectivity index (χ2v) is 7.30. The second kappa shape index (κ2) is 8.82. The number of piperidine rings is 1. The van der Waals surface area contributed by atoms with Gasteiger partial charge in [-0.15, -0.1) is 0 Å². The molecule has 2 amide bonds. The van der Waals surface area contributed by atoms with Crippen LogP contribution in [0.2, 0.25) is 0 Å². The van der Waals surface area contributed by atoms with E-state index in [4.69, 9.17) is 0 Å². The molecule has 8 heteroatoms. The van der Waals surface area contributed by atoms with Gasteiger partial charge in [0.25, 0.3) is 0 Å². The number of carbonyl (C=O) groups is 1. The molecule has 0 aromatic heterocycles. The average Bonchev–Trinajstić information content (AvgIpc) is 2.87. The first-order chi connectivity index (χ1) is 12.9. The van der Waals surface area contributed by atoms with Gasteiger partial charge in [-0.25, -0.2) is 4.79 Å². The van der Waals surface area contributed by atoms with Crippen LogP contribution in [0.5, 0.6) is 0 Å². The van der Waals surface area contributed by atoms with E-state index in [1.165, 1.54) is 4.90 Å². The van der Waals surface area contributed by atoms with Gasteiger partial charge < -0.3 is 15.1 Å². The number of benzene rings is 1. The molecule has 3 rings (SSSR count). The first-order valence-electron chi connectivity index (χ1n) is 9.55. The summed E-state index contributed by atoms with van der Waals surface area (Å²) in [4.78, 5) is 17.9. The van der Waals surface area contributed by atoms with Gasteiger partial charge in [0.05, 0.1) is 6.54 Å². The summed E-state index contributed by atoms with van der Waals surface area (Å²) in [7, 11) is 0. The van der Waals surface area contributed by atoms with Gasteiger partial charge in [0, 0.05) is 51.0 Å². The molecule has 0 bridgehead atoms. The molecule has 2 aliphatic rings. The molecule has 0 aliphatic carbocycles. The lowest BCUT2D eigenvalue weighted by Gasteiger charge is -2.35. The van der Waals surface area contributed by atoms with Crippen LogP contribution in [0.1, 0.15) is 19.3 Å². The second-order valence-electron chi connectivity index (χ2n) is 7.30. The van der Waals surface area contributed by atoms with Crippen molar-refractivity contribution in [2.24, 2.45) is 0 Å². The third-order valence-corrected chi connectivity index (χ3v) is 5.15. The van der Waals surface area contributed by atoms with E-state index < -0.39 is 12.7 Å². The van der Waals surface area contributed by atoms with Crippen molar-refractivity contribution in [2.45, 2.75) is 31.5 Å². The normalized spacial score (nSPS) is 22.4. The lowest BCUT2D eigenvalue weighted by molar-refractivity contribution is -0.145. The van der Waals surface area contributed by atoms with Crippen LogP contribution in [0.3, 0.4) is 0 Å². The van der Waals surface area contributed by atoms with Gasteiger partial charge in [0.15, 0.2) is 0 Å². The van der Waals surface area contributed by atoms with Gasteiger partial charge in [-0.05, 0) is 31.4 Å². The minimum atomic E-state index is -4.19. The fourth-order valence-electron chi connectivity index (χ4n) is 3.82. The van der Waals surface area contributed by atoms with Crippen molar-refractivity contribution in [1.29, 1.82) is 0 Å². The Morgan fingerprint density at radius 3 is 2.56 bits per heavy atom. The number of rotatable bonds is 3. The van der Waals surface area contributed by atoms with E-state index in [-0.39, 0.29) is 18.6 Å². The molecule has 0 saturated carbocycles. The van der Waals surface area contributed by atoms with E-state index in [2.05, 4.69) is 22.3 Å². The molecule has 2 saturated heterocycles. The summed E-state index contributed by atoms with van der Waals surface area (Å²) in [5.41, 5.74) is 1.15. The van der Waals surface area contributed by atoms with E-state index in [0.717, 1.165) is 31.6 Å². The summed E-state index contributed by atoms with van der Waals surface area (Å²) >= 11 is 0. The average molecular weight is 384 g/mol. The first-order valence-corrected chi connectivity index (χ1v) is 9.55. The Hall–Kier alpha value is -1.96. The van der Waals surface area contributed by atoms with Crippen molar-refractivity contribution < 1.29 is 18.0 Å². The van der Waals surface area contributed by atoms with Crippen LogP contribution < -0.4 is 10.2 Å². The van der Waals surface area contributed by atoms with E-state index in [0.29, 0.717) is 26.1 Å². The van der Waals surface area contributed by atoms with Crippen molar-refractivity contribution in [1.82, 2.24) is 15.1 Å². The molecule has 150 valence electrons. The number of nitrogens with one attached hydrogen (secondary N) is 1. The molecule has 2 fully saturated rings. The van der Waals surface area contributed by atoms with Gasteiger partial charge in [-0.2, -0.15) is 13.2 Å². The van der Waals surface area contributed by atoms with Crippen LogP contribution in [-0.4, -0.2) is 73.9 Å². The number of hydrogen-bond donors (Lipinski definition) is 1. The Bertz CT molecular complexity index is 611. The fourth-order valence-corrected chi connectivity index (χ4v) is 3.82. The molecule has 1 aromatic carbocycles. The lowest BCUT2D eigenvalue weighted by Crippen LogP contribution is -2.52. The minimum absolute atomic E-state index is 0.0565. The quantitative estimate of drug-likeness (QED) is 0.871. The van der Waals surface area contributed by atoms with Gasteiger partial charge in [-0.1, -0.05) is 18.2 Å². The largest absolute Gasteiger partial charge is 0.401 e. The van der Waals surface area contributed by atoms with Crippen molar-refractivity contribution in [3.63, 3.8) is 0 Å². The molecule has 2 heterocycles. The third-order valence-electron chi connectivity index (χ3n) is 5.15. The number of hydrogen-bond acceptors (Lipinski definition) is 3. The van der Waals surface area contributed by atoms with Gasteiger partial charge in [0.2, 0.25) is 0 Å². The first kappa shape index (κ1) is 19.8. The summed E-state index contributed by atoms with van der Waals surface area (Å²) in [6, 6.07) is 10.0. The summed E-state index contributed by atoms with van der Waals surface area (Å²) in [5, 5.41) is 3.08. The van der Waals surface area contributed by atoms with Gasteiger partial charge in [0.1, 0.15) is 0 Å². The SMILES string of the molecule is O=C(NC1CCCN(c2ccccc2)C1)N1CCCN(CC(F)(F)F)CC1. The number of amides is 2. The summed E-state index contributed by atoms with van der Waals surface area (Å²) in [6.45, 7) is 2.27. The molecule has 27 heavy (non-hydrogen) atoms. The van der Waals surface area contributed by atoms with E-state index in [1.54, 1.807) is 4.90 Å². The number of para-hydroxylation sites is 1. The topological polar surface area (TPSA) is 38.8 Å². The zero-order chi connectivity index (χ0) is 19.3. The molecule has 1 unspecified atom stereocenters. The highest BCUT2D eigenvalue weighted by molar-refractivity contribution is 5.74. The zero-order valence-electron chi connectivity index (χ0n) is 15.4. The number of anilines is 1. The van der Waals surface area contributed by atoms with Crippen LogP contribution in [0.15, 0.2) is 30.3 Å². The monoisotopic (exact) mass is 384 g/mol. The molecule has 0 spiro atoms. The van der Waals surface area contributed by atoms with Gasteiger partial charge in [-0.3, -0.25) is 4.90 Å². The Kier molecular flexibility index (Phi) is 6.46. The summed E-state index contributed by atoms with van der Waals surface area (Å²) in [5.74, 6) is 0. The van der Waals surface area contributed by atoms with Crippen LogP contribution in [0, 0.1) is 0 Å². The van der Waals surface area contributed by atoms with Crippen LogP contribution in [0.4, 0.5) is 23.7 Å². The maximum Gasteiger partial charge on any atom is 0.401 e. The smallest absolute Gasteiger partial charge is 0.369 e. The van der Waals surface area contributed by atoms with E-state index in [9.17, 15) is 18.0 Å². The summed E-state index contributed by atoms with van der Waals surface area (Å²) in [6.07, 6.45) is -1.72. The highest BCUT2D eigenvalue weighted by Crippen LogP contribution is 2.20. The predicted octanol–water partition coefficient (Wildman–Crippen LogP) is 2.94. The molecule has 1 N–H and O–H groups in total. The minimum Gasteiger partial charge on any atom is -0.369 e. The predicted molar refractivity (Wildman–Crippen MR) is 98.9 cm³/mol. The Morgan fingerprint density at radius 2 is 1.81 bits per heavy atom. The number of halogens is 3. The fraction of sp³-hybridized carbons (Fsp3) is 0.632. The summed E-state index contributed by atoms with van der Waals surface area (Å²) < 4.78 is 37.7. The molecule has 0 radical (unpaired) electrons. The van der Waals surface area contributed by atoms with Crippen molar-refractivity contribution in [3.05, 3.63) is 30.3 Å². The molecule has 1 atom stereocenters.